The van der Waals surface area contributed by atoms with Gasteiger partial charge in [0.25, 0.3) is 5.56 Å². The Balaban J connectivity index is 2.72. The number of nitrogens with zero attached hydrogens (tertiary/aromatic N) is 2. The molecule has 0 atom stereocenters. The molecule has 1 N–H and O–H groups in total. The van der Waals surface area contributed by atoms with E-state index in [1.54, 1.807) is 9.36 Å². The summed E-state index contributed by atoms with van der Waals surface area (Å²) in [6.07, 6.45) is 0. The molecule has 0 fully saturated rings. The van der Waals surface area contributed by atoms with Crippen molar-refractivity contribution in [3.8, 4) is 5.69 Å². The lowest BCUT2D eigenvalue weighted by Crippen LogP contribution is -2.20. The predicted octanol–water partition coefficient (Wildman–Crippen LogP) is 0.977. The molecular formula is C12H14N2O2. The molecule has 84 valence electrons. The van der Waals surface area contributed by atoms with E-state index in [2.05, 4.69) is 0 Å². The van der Waals surface area contributed by atoms with Gasteiger partial charge in [-0.3, -0.25) is 9.48 Å². The lowest BCUT2D eigenvalue weighted by atomic mass is 10.3. The summed E-state index contributed by atoms with van der Waals surface area (Å²) in [6, 6.07) is 9.38. The van der Waals surface area contributed by atoms with Crippen LogP contribution in [0.3, 0.4) is 0 Å². The molecule has 1 aromatic carbocycles. The largest absolute Gasteiger partial charge is 0.391 e. The highest BCUT2D eigenvalue weighted by atomic mass is 16.3. The second-order valence-electron chi connectivity index (χ2n) is 3.70. The summed E-state index contributed by atoms with van der Waals surface area (Å²) in [4.78, 5) is 12.0. The third-order valence-corrected chi connectivity index (χ3v) is 2.83. The first-order chi connectivity index (χ1) is 7.66. The first kappa shape index (κ1) is 10.7. The van der Waals surface area contributed by atoms with Crippen molar-refractivity contribution in [1.29, 1.82) is 0 Å². The average Bonchev–Trinajstić information content (AvgIpc) is 2.51. The third-order valence-electron chi connectivity index (χ3n) is 2.83. The molecule has 0 aliphatic carbocycles. The van der Waals surface area contributed by atoms with Gasteiger partial charge in [0.2, 0.25) is 0 Å². The Morgan fingerprint density at radius 2 is 1.88 bits per heavy atom. The molecule has 0 bridgehead atoms. The van der Waals surface area contributed by atoms with Gasteiger partial charge in [-0.05, 0) is 19.1 Å². The Hall–Kier alpha value is -1.81. The minimum Gasteiger partial charge on any atom is -0.391 e. The molecule has 0 saturated heterocycles. The van der Waals surface area contributed by atoms with Crippen LogP contribution >= 0.6 is 0 Å². The number of rotatable bonds is 2. The molecule has 1 heterocycles. The van der Waals surface area contributed by atoms with E-state index < -0.39 is 0 Å². The molecule has 0 radical (unpaired) electrons. The van der Waals surface area contributed by atoms with E-state index in [-0.39, 0.29) is 12.2 Å². The van der Waals surface area contributed by atoms with Crippen molar-refractivity contribution in [2.75, 3.05) is 0 Å². The zero-order valence-corrected chi connectivity index (χ0v) is 9.34. The van der Waals surface area contributed by atoms with Gasteiger partial charge in [0.1, 0.15) is 0 Å². The molecule has 0 aliphatic rings. The zero-order valence-electron chi connectivity index (χ0n) is 9.34. The molecule has 2 rings (SSSR count). The van der Waals surface area contributed by atoms with Gasteiger partial charge in [-0.25, -0.2) is 4.68 Å². The van der Waals surface area contributed by atoms with Gasteiger partial charge < -0.3 is 5.11 Å². The van der Waals surface area contributed by atoms with Crippen LogP contribution in [-0.4, -0.2) is 14.5 Å². The van der Waals surface area contributed by atoms with E-state index in [1.807, 2.05) is 44.3 Å². The average molecular weight is 218 g/mol. The molecule has 0 saturated carbocycles. The number of aliphatic hydroxyl groups is 1. The molecule has 2 aromatic rings. The third kappa shape index (κ3) is 1.47. The first-order valence-electron chi connectivity index (χ1n) is 5.10. The summed E-state index contributed by atoms with van der Waals surface area (Å²) >= 11 is 0. The minimum absolute atomic E-state index is 0.159. The number of para-hydroxylation sites is 1. The molecule has 4 nitrogen and oxygen atoms in total. The van der Waals surface area contributed by atoms with Gasteiger partial charge in [-0.2, -0.15) is 0 Å². The second-order valence-corrected chi connectivity index (χ2v) is 3.70. The van der Waals surface area contributed by atoms with Crippen LogP contribution in [0.5, 0.6) is 0 Å². The Morgan fingerprint density at radius 3 is 2.38 bits per heavy atom. The van der Waals surface area contributed by atoms with Gasteiger partial charge in [0, 0.05) is 12.7 Å². The fourth-order valence-corrected chi connectivity index (χ4v) is 1.81. The SMILES string of the molecule is Cc1c(CO)c(=O)n(-c2ccccc2)n1C. The van der Waals surface area contributed by atoms with E-state index in [0.29, 0.717) is 5.56 Å². The van der Waals surface area contributed by atoms with Crippen molar-refractivity contribution in [2.45, 2.75) is 13.5 Å². The molecule has 0 spiro atoms. The van der Waals surface area contributed by atoms with Gasteiger partial charge >= 0.3 is 0 Å². The second kappa shape index (κ2) is 3.98. The van der Waals surface area contributed by atoms with Crippen LogP contribution in [0.4, 0.5) is 0 Å². The van der Waals surface area contributed by atoms with Gasteiger partial charge in [-0.15, -0.1) is 0 Å². The number of benzene rings is 1. The van der Waals surface area contributed by atoms with Crippen LogP contribution in [0.15, 0.2) is 35.1 Å². The number of hydrogen-bond acceptors (Lipinski definition) is 2. The Labute approximate surface area is 93.4 Å². The smallest absolute Gasteiger partial charge is 0.277 e. The first-order valence-corrected chi connectivity index (χ1v) is 5.10. The van der Waals surface area contributed by atoms with E-state index in [4.69, 9.17) is 5.11 Å². The maximum absolute atomic E-state index is 12.0. The van der Waals surface area contributed by atoms with E-state index in [9.17, 15) is 4.79 Å². The lowest BCUT2D eigenvalue weighted by molar-refractivity contribution is 0.279. The van der Waals surface area contributed by atoms with Crippen LogP contribution < -0.4 is 5.56 Å². The molecule has 1 aromatic heterocycles. The maximum Gasteiger partial charge on any atom is 0.277 e. The summed E-state index contributed by atoms with van der Waals surface area (Å²) < 4.78 is 3.31. The van der Waals surface area contributed by atoms with Crippen LogP contribution in [0.25, 0.3) is 5.69 Å². The molecule has 4 heteroatoms. The highest BCUT2D eigenvalue weighted by molar-refractivity contribution is 5.33. The predicted molar refractivity (Wildman–Crippen MR) is 61.7 cm³/mol. The maximum atomic E-state index is 12.0. The molecule has 16 heavy (non-hydrogen) atoms. The molecule has 0 aliphatic heterocycles. The Morgan fingerprint density at radius 1 is 1.25 bits per heavy atom. The van der Waals surface area contributed by atoms with E-state index in [0.717, 1.165) is 11.4 Å². The van der Waals surface area contributed by atoms with Crippen molar-refractivity contribution < 1.29 is 5.11 Å². The van der Waals surface area contributed by atoms with Crippen molar-refractivity contribution in [3.63, 3.8) is 0 Å². The topological polar surface area (TPSA) is 47.2 Å². The summed E-state index contributed by atoms with van der Waals surface area (Å²) in [7, 11) is 1.81. The highest BCUT2D eigenvalue weighted by Crippen LogP contribution is 2.09. The molecule has 0 unspecified atom stereocenters. The standard InChI is InChI=1S/C12H14N2O2/c1-9-11(8-15)12(16)14(13(9)2)10-6-4-3-5-7-10/h3-7,15H,8H2,1-2H3. The van der Waals surface area contributed by atoms with E-state index >= 15 is 0 Å². The normalized spacial score (nSPS) is 10.7. The quantitative estimate of drug-likeness (QED) is 0.816. The van der Waals surface area contributed by atoms with Crippen molar-refractivity contribution >= 4 is 0 Å². The Bertz CT molecular complexity index is 552. The molecule has 0 amide bonds. The van der Waals surface area contributed by atoms with Crippen LogP contribution in [0.1, 0.15) is 11.3 Å². The fraction of sp³-hybridized carbons (Fsp3) is 0.250. The summed E-state index contributed by atoms with van der Waals surface area (Å²) in [5.41, 5.74) is 1.88. The number of hydrogen-bond donors (Lipinski definition) is 1. The van der Waals surface area contributed by atoms with Crippen molar-refractivity contribution in [3.05, 3.63) is 51.9 Å². The van der Waals surface area contributed by atoms with E-state index in [1.165, 1.54) is 0 Å². The minimum atomic E-state index is -0.224. The monoisotopic (exact) mass is 218 g/mol. The number of aromatic nitrogens is 2. The lowest BCUT2D eigenvalue weighted by Gasteiger charge is -2.07. The fourth-order valence-electron chi connectivity index (χ4n) is 1.81. The molecular weight excluding hydrogens is 204 g/mol. The van der Waals surface area contributed by atoms with Crippen molar-refractivity contribution in [2.24, 2.45) is 7.05 Å². The van der Waals surface area contributed by atoms with Gasteiger partial charge in [-0.1, -0.05) is 18.2 Å². The van der Waals surface area contributed by atoms with Crippen LogP contribution in [0, 0.1) is 6.92 Å². The summed E-state index contributed by atoms with van der Waals surface area (Å²) in [5, 5.41) is 9.16. The van der Waals surface area contributed by atoms with Gasteiger partial charge in [0.15, 0.2) is 0 Å². The number of aliphatic hydroxyl groups excluding tert-OH is 1. The van der Waals surface area contributed by atoms with Crippen LogP contribution in [-0.2, 0) is 13.7 Å². The zero-order chi connectivity index (χ0) is 11.7. The highest BCUT2D eigenvalue weighted by Gasteiger charge is 2.14. The van der Waals surface area contributed by atoms with Crippen LogP contribution in [0.2, 0.25) is 0 Å². The summed E-state index contributed by atoms with van der Waals surface area (Å²) in [5.74, 6) is 0. The summed E-state index contributed by atoms with van der Waals surface area (Å²) in [6.45, 7) is 1.60. The Kier molecular flexibility index (Phi) is 2.66. The van der Waals surface area contributed by atoms with Crippen molar-refractivity contribution in [1.82, 2.24) is 9.36 Å². The van der Waals surface area contributed by atoms with Gasteiger partial charge in [0.05, 0.1) is 17.9 Å².